The molecule has 2 saturated heterocycles. The molecule has 12 heteroatoms. The Balaban J connectivity index is 1.25. The van der Waals surface area contributed by atoms with Crippen molar-refractivity contribution in [1.29, 1.82) is 0 Å². The summed E-state index contributed by atoms with van der Waals surface area (Å²) in [6, 6.07) is 3.14. The molecule has 3 atom stereocenters. The Morgan fingerprint density at radius 1 is 1.20 bits per heavy atom. The van der Waals surface area contributed by atoms with Crippen LogP contribution in [0.2, 0.25) is 5.02 Å². The topological polar surface area (TPSA) is 127 Å². The van der Waals surface area contributed by atoms with Gasteiger partial charge in [0.1, 0.15) is 18.1 Å². The number of amides is 2. The van der Waals surface area contributed by atoms with E-state index in [9.17, 15) is 19.5 Å². The predicted octanol–water partition coefficient (Wildman–Crippen LogP) is 3.88. The fourth-order valence-electron chi connectivity index (χ4n) is 7.96. The molecule has 1 spiro atoms. The molecule has 2 saturated carbocycles. The van der Waals surface area contributed by atoms with Gasteiger partial charge in [-0.2, -0.15) is 0 Å². The second-order valence-corrected chi connectivity index (χ2v) is 14.2. The quantitative estimate of drug-likeness (QED) is 0.468. The van der Waals surface area contributed by atoms with Crippen molar-refractivity contribution in [2.75, 3.05) is 32.8 Å². The Morgan fingerprint density at radius 3 is 2.68 bits per heavy atom. The van der Waals surface area contributed by atoms with E-state index < -0.39 is 23.3 Å². The van der Waals surface area contributed by atoms with E-state index >= 15 is 0 Å². The molecule has 3 aliphatic heterocycles. The highest BCUT2D eigenvalue weighted by Crippen LogP contribution is 2.54. The largest absolute Gasteiger partial charge is 0.487 e. The second kappa shape index (κ2) is 11.0. The Hall–Kier alpha value is -3.18. The van der Waals surface area contributed by atoms with Gasteiger partial charge in [-0.25, -0.2) is 0 Å². The van der Waals surface area contributed by atoms with Gasteiger partial charge in [-0.15, -0.1) is 5.10 Å². The third-order valence-electron chi connectivity index (χ3n) is 10.9. The molecule has 2 amide bonds. The van der Waals surface area contributed by atoms with Crippen molar-refractivity contribution in [2.45, 2.75) is 76.9 Å². The number of aromatic nitrogens is 3. The highest BCUT2D eigenvalue weighted by Gasteiger charge is 2.54. The average molecular weight is 626 g/mol. The molecule has 0 bridgehead atoms. The molecule has 2 aliphatic carbocycles. The Kier molecular flexibility index (Phi) is 7.39. The second-order valence-electron chi connectivity index (χ2n) is 13.8. The number of hydrogen-bond acceptors (Lipinski definition) is 7. The summed E-state index contributed by atoms with van der Waals surface area (Å²) < 4.78 is 13.7. The third-order valence-corrected chi connectivity index (χ3v) is 11.3. The minimum Gasteiger partial charge on any atom is -0.487 e. The summed E-state index contributed by atoms with van der Waals surface area (Å²) in [5.74, 6) is -0.832. The number of carbonyl (C=O) groups is 3. The number of carboxylic acids is 1. The molecule has 2 aromatic rings. The number of nitrogens with zero attached hydrogens (tertiary/aromatic N) is 5. The maximum Gasteiger partial charge on any atom is 0.310 e. The van der Waals surface area contributed by atoms with Crippen molar-refractivity contribution in [2.24, 2.45) is 23.8 Å². The van der Waals surface area contributed by atoms with Gasteiger partial charge in [-0.1, -0.05) is 29.7 Å². The molecule has 236 valence electrons. The van der Waals surface area contributed by atoms with E-state index in [0.29, 0.717) is 69.3 Å². The molecule has 5 aliphatic rings. The summed E-state index contributed by atoms with van der Waals surface area (Å²) >= 11 is 6.80. The zero-order valence-electron chi connectivity index (χ0n) is 25.4. The number of carboxylic acid groups (broad SMARTS) is 1. The van der Waals surface area contributed by atoms with Crippen molar-refractivity contribution < 1.29 is 29.0 Å². The highest BCUT2D eigenvalue weighted by atomic mass is 35.5. The predicted molar refractivity (Wildman–Crippen MR) is 159 cm³/mol. The molecule has 44 heavy (non-hydrogen) atoms. The fourth-order valence-corrected chi connectivity index (χ4v) is 8.22. The Bertz CT molecular complexity index is 1500. The number of rotatable bonds is 8. The minimum absolute atomic E-state index is 0.0654. The maximum atomic E-state index is 14.5. The molecule has 0 radical (unpaired) electrons. The Morgan fingerprint density at radius 2 is 2.00 bits per heavy atom. The van der Waals surface area contributed by atoms with Crippen molar-refractivity contribution in [3.8, 4) is 5.75 Å². The number of halogens is 1. The zero-order valence-corrected chi connectivity index (χ0v) is 26.1. The lowest BCUT2D eigenvalue weighted by Crippen LogP contribution is -2.52. The first-order valence-electron chi connectivity index (χ1n) is 15.8. The lowest BCUT2D eigenvalue weighted by Gasteiger charge is -2.45. The third kappa shape index (κ3) is 4.96. The maximum absolute atomic E-state index is 14.5. The molecule has 11 nitrogen and oxygen atoms in total. The summed E-state index contributed by atoms with van der Waals surface area (Å²) in [4.78, 5) is 43.9. The van der Waals surface area contributed by atoms with Crippen molar-refractivity contribution in [3.05, 3.63) is 39.7 Å². The van der Waals surface area contributed by atoms with Gasteiger partial charge in [-0.3, -0.25) is 19.1 Å². The van der Waals surface area contributed by atoms with Gasteiger partial charge in [0.05, 0.1) is 36.3 Å². The van der Waals surface area contributed by atoms with E-state index in [1.165, 1.54) is 0 Å². The van der Waals surface area contributed by atoms with Crippen LogP contribution in [0.3, 0.4) is 0 Å². The van der Waals surface area contributed by atoms with Crippen LogP contribution in [0.5, 0.6) is 5.75 Å². The van der Waals surface area contributed by atoms with Crippen molar-refractivity contribution >= 4 is 29.4 Å². The fraction of sp³-hybridized carbons (Fsp3) is 0.656. The van der Waals surface area contributed by atoms with Crippen LogP contribution in [0.4, 0.5) is 0 Å². The lowest BCUT2D eigenvalue weighted by molar-refractivity contribution is -0.162. The first-order valence-corrected chi connectivity index (χ1v) is 16.2. The van der Waals surface area contributed by atoms with Gasteiger partial charge in [0.2, 0.25) is 11.8 Å². The van der Waals surface area contributed by atoms with Crippen molar-refractivity contribution in [1.82, 2.24) is 24.8 Å². The number of carbonyl (C=O) groups excluding carboxylic acids is 2. The van der Waals surface area contributed by atoms with Gasteiger partial charge in [0, 0.05) is 49.6 Å². The van der Waals surface area contributed by atoms with Crippen LogP contribution < -0.4 is 4.74 Å². The average Bonchev–Trinajstić information content (AvgIpc) is 3.53. The number of fused-ring (bicyclic) bond motifs is 1. The van der Waals surface area contributed by atoms with Crippen LogP contribution >= 0.6 is 11.6 Å². The zero-order chi connectivity index (χ0) is 30.8. The van der Waals surface area contributed by atoms with Crippen LogP contribution in [0, 0.1) is 16.7 Å². The molecule has 1 aromatic carbocycles. The molecule has 1 unspecified atom stereocenters. The number of hydrogen-bond donors (Lipinski definition) is 1. The first-order chi connectivity index (χ1) is 21.1. The molecule has 4 heterocycles. The lowest BCUT2D eigenvalue weighted by atomic mass is 9.66. The molecular formula is C32H40ClN5O6. The molecule has 1 N–H and O–H groups in total. The van der Waals surface area contributed by atoms with Crippen LogP contribution in [0.15, 0.2) is 12.1 Å². The number of ether oxygens (including phenoxy) is 2. The number of aryl methyl sites for hydroxylation is 1. The van der Waals surface area contributed by atoms with Gasteiger partial charge in [0.25, 0.3) is 0 Å². The van der Waals surface area contributed by atoms with E-state index in [0.717, 1.165) is 48.2 Å². The summed E-state index contributed by atoms with van der Waals surface area (Å²) in [5, 5.41) is 19.4. The first kappa shape index (κ1) is 29.5. The monoisotopic (exact) mass is 625 g/mol. The van der Waals surface area contributed by atoms with Gasteiger partial charge < -0.3 is 24.4 Å². The van der Waals surface area contributed by atoms with Crippen LogP contribution in [0.25, 0.3) is 0 Å². The van der Waals surface area contributed by atoms with Gasteiger partial charge in [-0.05, 0) is 62.1 Å². The summed E-state index contributed by atoms with van der Waals surface area (Å²) in [6.07, 6.45) is 5.74. The van der Waals surface area contributed by atoms with E-state index in [1.807, 2.05) is 29.0 Å². The van der Waals surface area contributed by atoms with Gasteiger partial charge in [0.15, 0.2) is 0 Å². The SMILES string of the molecule is Cn1nnc(COc2ccc(Cl)c3c2C(CN2CC4(CC4)CC2=O)N(C(=O)[C@@H]2CCCC[C@]2(C)C(=O)O)CC3)c1C1COC1. The molecule has 4 fully saturated rings. The number of benzene rings is 1. The van der Waals surface area contributed by atoms with Crippen LogP contribution in [-0.2, 0) is 39.2 Å². The smallest absolute Gasteiger partial charge is 0.310 e. The normalized spacial score (nSPS) is 27.8. The molecular weight excluding hydrogens is 586 g/mol. The highest BCUT2D eigenvalue weighted by molar-refractivity contribution is 6.31. The standard InChI is InChI=1S/C32H40ClN5O6/c1-31(30(41)42)9-4-3-5-21(31)29(40)38-12-8-20-22(33)6-7-25(44-17-23-28(19-15-43-16-19)36(2)35-34-23)27(20)24(38)14-37-18-32(10-11-32)13-26(37)39/h6-7,19,21,24H,3-5,8-18H2,1-2H3,(H,41,42)/t21-,24?,31-/m0/s1. The number of aliphatic carboxylic acids is 1. The number of likely N-dealkylation sites (tertiary alicyclic amines) is 1. The van der Waals surface area contributed by atoms with E-state index in [-0.39, 0.29) is 29.8 Å². The minimum atomic E-state index is -1.14. The van der Waals surface area contributed by atoms with Crippen LogP contribution in [-0.4, -0.2) is 80.5 Å². The van der Waals surface area contributed by atoms with E-state index in [1.54, 1.807) is 11.6 Å². The van der Waals surface area contributed by atoms with Gasteiger partial charge >= 0.3 is 5.97 Å². The summed E-state index contributed by atoms with van der Waals surface area (Å²) in [6.45, 7) is 4.52. The molecule has 1 aromatic heterocycles. The van der Waals surface area contributed by atoms with Crippen molar-refractivity contribution in [3.63, 3.8) is 0 Å². The van der Waals surface area contributed by atoms with E-state index in [4.69, 9.17) is 21.1 Å². The Labute approximate surface area is 261 Å². The molecule has 7 rings (SSSR count). The summed E-state index contributed by atoms with van der Waals surface area (Å²) in [5.41, 5.74) is 2.35. The summed E-state index contributed by atoms with van der Waals surface area (Å²) in [7, 11) is 1.86. The van der Waals surface area contributed by atoms with E-state index in [2.05, 4.69) is 10.3 Å². The van der Waals surface area contributed by atoms with Crippen LogP contribution in [0.1, 0.15) is 86.3 Å².